The topological polar surface area (TPSA) is 51.3 Å². The summed E-state index contributed by atoms with van der Waals surface area (Å²) >= 11 is 6.03. The average molecular weight is 382 g/mol. The molecule has 2 heterocycles. The van der Waals surface area contributed by atoms with Gasteiger partial charge in [0.05, 0.1) is 11.0 Å². The van der Waals surface area contributed by atoms with E-state index >= 15 is 0 Å². The quantitative estimate of drug-likeness (QED) is 0.469. The molecule has 6 heteroatoms. The van der Waals surface area contributed by atoms with E-state index in [4.69, 9.17) is 11.6 Å². The van der Waals surface area contributed by atoms with Gasteiger partial charge in [0.2, 0.25) is 0 Å². The van der Waals surface area contributed by atoms with Gasteiger partial charge in [0.25, 0.3) is 5.69 Å². The van der Waals surface area contributed by atoms with Crippen molar-refractivity contribution in [1.29, 1.82) is 0 Å². The molecule has 3 aromatic rings. The number of rotatable bonds is 4. The molecule has 5 nitrogen and oxygen atoms in total. The van der Waals surface area contributed by atoms with Crippen molar-refractivity contribution in [3.63, 3.8) is 0 Å². The second-order valence-electron chi connectivity index (χ2n) is 6.83. The Morgan fingerprint density at radius 2 is 1.78 bits per heavy atom. The van der Waals surface area contributed by atoms with Crippen LogP contribution in [0.1, 0.15) is 29.3 Å². The Morgan fingerprint density at radius 1 is 1.04 bits per heavy atom. The first-order valence-corrected chi connectivity index (χ1v) is 9.37. The predicted molar refractivity (Wildman–Crippen MR) is 106 cm³/mol. The van der Waals surface area contributed by atoms with Gasteiger partial charge in [-0.2, -0.15) is 0 Å². The molecule has 0 saturated carbocycles. The lowest BCUT2D eigenvalue weighted by Crippen LogP contribution is -2.29. The molecule has 0 aliphatic carbocycles. The second-order valence-corrected chi connectivity index (χ2v) is 7.26. The minimum Gasteiger partial charge on any atom is -0.350 e. The molecule has 1 unspecified atom stereocenters. The van der Waals surface area contributed by atoms with Crippen LogP contribution in [0.3, 0.4) is 0 Å². The minimum absolute atomic E-state index is 0.0546. The maximum absolute atomic E-state index is 11.0. The molecular formula is C21H20ClN3O2. The summed E-state index contributed by atoms with van der Waals surface area (Å²) in [7, 11) is 0. The molecular weight excluding hydrogens is 362 g/mol. The van der Waals surface area contributed by atoms with E-state index in [-0.39, 0.29) is 16.7 Å². The van der Waals surface area contributed by atoms with Gasteiger partial charge in [-0.05, 0) is 41.8 Å². The van der Waals surface area contributed by atoms with Crippen LogP contribution < -0.4 is 0 Å². The van der Waals surface area contributed by atoms with Crippen LogP contribution in [-0.2, 0) is 13.1 Å². The van der Waals surface area contributed by atoms with Crippen molar-refractivity contribution in [2.24, 2.45) is 0 Å². The van der Waals surface area contributed by atoms with E-state index in [1.165, 1.54) is 11.3 Å². The molecule has 0 saturated heterocycles. The fourth-order valence-electron chi connectivity index (χ4n) is 3.79. The van der Waals surface area contributed by atoms with Gasteiger partial charge in [0.15, 0.2) is 0 Å². The third-order valence-corrected chi connectivity index (χ3v) is 5.32. The average Bonchev–Trinajstić information content (AvgIpc) is 3.05. The van der Waals surface area contributed by atoms with Gasteiger partial charge in [-0.1, -0.05) is 35.9 Å². The number of nitro benzene ring substituents is 1. The Hall–Kier alpha value is -2.63. The number of nitrogens with zero attached hydrogens (tertiary/aromatic N) is 3. The van der Waals surface area contributed by atoms with Gasteiger partial charge < -0.3 is 4.57 Å². The zero-order chi connectivity index (χ0) is 18.8. The van der Waals surface area contributed by atoms with E-state index in [9.17, 15) is 10.1 Å². The lowest BCUT2D eigenvalue weighted by atomic mass is 10.0. The van der Waals surface area contributed by atoms with E-state index in [2.05, 4.69) is 39.9 Å². The lowest BCUT2D eigenvalue weighted by Gasteiger charge is -2.30. The highest BCUT2D eigenvalue weighted by molar-refractivity contribution is 6.30. The Balaban J connectivity index is 1.71. The number of fused-ring (bicyclic) bond motifs is 1. The molecule has 0 amide bonds. The van der Waals surface area contributed by atoms with E-state index in [0.29, 0.717) is 0 Å². The fourth-order valence-corrected chi connectivity index (χ4v) is 3.92. The molecule has 0 spiro atoms. The van der Waals surface area contributed by atoms with Gasteiger partial charge in [0.1, 0.15) is 0 Å². The third kappa shape index (κ3) is 3.75. The smallest absolute Gasteiger partial charge is 0.269 e. The number of nitro groups is 1. The summed E-state index contributed by atoms with van der Waals surface area (Å²) in [6.45, 7) is 2.72. The first kappa shape index (κ1) is 17.8. The predicted octanol–water partition coefficient (Wildman–Crippen LogP) is 5.05. The van der Waals surface area contributed by atoms with Crippen molar-refractivity contribution in [3.05, 3.63) is 98.8 Å². The Labute approximate surface area is 162 Å². The summed E-state index contributed by atoms with van der Waals surface area (Å²) in [5.74, 6) is 0. The SMILES string of the molecule is O=[N+]([O-])c1ccc(C2c3cccn3CCCN2Cc2ccc(Cl)cc2)cc1. The molecule has 1 aliphatic rings. The van der Waals surface area contributed by atoms with Crippen LogP contribution in [0.15, 0.2) is 66.9 Å². The second kappa shape index (κ2) is 7.55. The number of hydrogen-bond acceptors (Lipinski definition) is 3. The van der Waals surface area contributed by atoms with Crippen LogP contribution in [0.4, 0.5) is 5.69 Å². The number of hydrogen-bond donors (Lipinski definition) is 0. The van der Waals surface area contributed by atoms with Crippen molar-refractivity contribution in [3.8, 4) is 0 Å². The molecule has 0 bridgehead atoms. The zero-order valence-corrected chi connectivity index (χ0v) is 15.5. The van der Waals surface area contributed by atoms with Crippen LogP contribution in [0.2, 0.25) is 5.02 Å². The molecule has 1 aromatic heterocycles. The highest BCUT2D eigenvalue weighted by Crippen LogP contribution is 2.33. The number of benzene rings is 2. The van der Waals surface area contributed by atoms with Crippen LogP contribution in [0.25, 0.3) is 0 Å². The Kier molecular flexibility index (Phi) is 4.97. The zero-order valence-electron chi connectivity index (χ0n) is 14.8. The first-order chi connectivity index (χ1) is 13.1. The summed E-state index contributed by atoms with van der Waals surface area (Å²) in [5.41, 5.74) is 3.60. The normalized spacial score (nSPS) is 17.3. The molecule has 27 heavy (non-hydrogen) atoms. The number of aryl methyl sites for hydroxylation is 1. The monoisotopic (exact) mass is 381 g/mol. The van der Waals surface area contributed by atoms with Gasteiger partial charge in [-0.15, -0.1) is 0 Å². The van der Waals surface area contributed by atoms with Gasteiger partial charge >= 0.3 is 0 Å². The van der Waals surface area contributed by atoms with Crippen LogP contribution >= 0.6 is 11.6 Å². The van der Waals surface area contributed by atoms with Crippen molar-refractivity contribution < 1.29 is 4.92 Å². The van der Waals surface area contributed by atoms with Crippen LogP contribution in [0, 0.1) is 10.1 Å². The molecule has 0 radical (unpaired) electrons. The summed E-state index contributed by atoms with van der Waals surface area (Å²) in [6, 6.07) is 19.1. The van der Waals surface area contributed by atoms with Crippen molar-refractivity contribution in [1.82, 2.24) is 9.47 Å². The molecule has 0 fully saturated rings. The van der Waals surface area contributed by atoms with Gasteiger partial charge in [-0.25, -0.2) is 0 Å². The highest BCUT2D eigenvalue weighted by Gasteiger charge is 2.27. The van der Waals surface area contributed by atoms with E-state index in [1.54, 1.807) is 12.1 Å². The lowest BCUT2D eigenvalue weighted by molar-refractivity contribution is -0.384. The molecule has 1 aliphatic heterocycles. The van der Waals surface area contributed by atoms with Crippen molar-refractivity contribution >= 4 is 17.3 Å². The standard InChI is InChI=1S/C21H20ClN3O2/c22-18-8-4-16(5-9-18)15-24-14-2-13-23-12-1-3-20(23)21(24)17-6-10-19(11-7-17)25(26)27/h1,3-12,21H,2,13-15H2. The van der Waals surface area contributed by atoms with Crippen LogP contribution in [-0.4, -0.2) is 20.9 Å². The maximum atomic E-state index is 11.0. The molecule has 4 rings (SSSR count). The summed E-state index contributed by atoms with van der Waals surface area (Å²) in [5, 5.41) is 11.7. The van der Waals surface area contributed by atoms with Crippen molar-refractivity contribution in [2.45, 2.75) is 25.6 Å². The largest absolute Gasteiger partial charge is 0.350 e. The van der Waals surface area contributed by atoms with Crippen LogP contribution in [0.5, 0.6) is 0 Å². The first-order valence-electron chi connectivity index (χ1n) is 9.00. The third-order valence-electron chi connectivity index (χ3n) is 5.07. The minimum atomic E-state index is -0.356. The Bertz CT molecular complexity index is 935. The number of halogens is 1. The van der Waals surface area contributed by atoms with E-state index in [1.807, 2.05) is 24.3 Å². The number of aromatic nitrogens is 1. The van der Waals surface area contributed by atoms with Gasteiger partial charge in [-0.3, -0.25) is 15.0 Å². The molecule has 138 valence electrons. The molecule has 0 N–H and O–H groups in total. The molecule has 1 atom stereocenters. The van der Waals surface area contributed by atoms with E-state index < -0.39 is 0 Å². The maximum Gasteiger partial charge on any atom is 0.269 e. The summed E-state index contributed by atoms with van der Waals surface area (Å²) in [6.07, 6.45) is 3.16. The van der Waals surface area contributed by atoms with E-state index in [0.717, 1.165) is 36.6 Å². The molecule has 2 aromatic carbocycles. The highest BCUT2D eigenvalue weighted by atomic mass is 35.5. The summed E-state index contributed by atoms with van der Waals surface area (Å²) in [4.78, 5) is 13.1. The van der Waals surface area contributed by atoms with Crippen molar-refractivity contribution in [2.75, 3.05) is 6.54 Å². The Morgan fingerprint density at radius 3 is 2.48 bits per heavy atom. The number of non-ortho nitro benzene ring substituents is 1. The summed E-state index contributed by atoms with van der Waals surface area (Å²) < 4.78 is 2.29. The fraction of sp³-hybridized carbons (Fsp3) is 0.238. The van der Waals surface area contributed by atoms with Gasteiger partial charge in [0, 0.05) is 48.7 Å².